The molecule has 1 aromatic heterocycles. The molecule has 104 valence electrons. The van der Waals surface area contributed by atoms with Crippen LogP contribution in [0.25, 0.3) is 0 Å². The van der Waals surface area contributed by atoms with Gasteiger partial charge in [-0.2, -0.15) is 0 Å². The molecule has 1 aromatic rings. The van der Waals surface area contributed by atoms with E-state index >= 15 is 0 Å². The Kier molecular flexibility index (Phi) is 3.97. The van der Waals surface area contributed by atoms with Gasteiger partial charge >= 0.3 is 0 Å². The van der Waals surface area contributed by atoms with Crippen LogP contribution >= 0.6 is 0 Å². The van der Waals surface area contributed by atoms with Gasteiger partial charge in [0, 0.05) is 25.5 Å². The number of nitrogens with zero attached hydrogens (tertiary/aromatic N) is 3. The Labute approximate surface area is 114 Å². The first-order valence-corrected chi connectivity index (χ1v) is 7.58. The maximum absolute atomic E-state index is 9.52. The molecular weight excluding hydrogens is 238 g/mol. The van der Waals surface area contributed by atoms with Crippen molar-refractivity contribution in [3.05, 3.63) is 18.0 Å². The van der Waals surface area contributed by atoms with Crippen molar-refractivity contribution in [2.24, 2.45) is 0 Å². The van der Waals surface area contributed by atoms with E-state index in [2.05, 4.69) is 14.9 Å². The van der Waals surface area contributed by atoms with Crippen molar-refractivity contribution in [3.63, 3.8) is 0 Å². The van der Waals surface area contributed by atoms with Crippen molar-refractivity contribution in [2.45, 2.75) is 57.0 Å². The average molecular weight is 261 g/mol. The molecule has 0 aromatic carbocycles. The summed E-state index contributed by atoms with van der Waals surface area (Å²) in [6.45, 7) is 1.73. The molecule has 19 heavy (non-hydrogen) atoms. The third-order valence-electron chi connectivity index (χ3n) is 4.48. The summed E-state index contributed by atoms with van der Waals surface area (Å²) in [6, 6.07) is 0. The maximum atomic E-state index is 9.52. The van der Waals surface area contributed by atoms with E-state index in [9.17, 15) is 5.11 Å². The van der Waals surface area contributed by atoms with Crippen LogP contribution in [-0.4, -0.2) is 34.3 Å². The van der Waals surface area contributed by atoms with Crippen LogP contribution in [0.1, 0.15) is 56.4 Å². The molecule has 3 rings (SSSR count). The minimum Gasteiger partial charge on any atom is -0.393 e. The zero-order valence-corrected chi connectivity index (χ0v) is 11.5. The van der Waals surface area contributed by atoms with Gasteiger partial charge in [-0.15, -0.1) is 0 Å². The second kappa shape index (κ2) is 5.87. The summed E-state index contributed by atoms with van der Waals surface area (Å²) >= 11 is 0. The van der Waals surface area contributed by atoms with Gasteiger partial charge in [0.25, 0.3) is 0 Å². The van der Waals surface area contributed by atoms with Gasteiger partial charge in [0.1, 0.15) is 0 Å². The Balaban J connectivity index is 1.65. The lowest BCUT2D eigenvalue weighted by Crippen LogP contribution is -2.36. The maximum Gasteiger partial charge on any atom is 0.225 e. The van der Waals surface area contributed by atoms with Gasteiger partial charge in [0.15, 0.2) is 0 Å². The van der Waals surface area contributed by atoms with Gasteiger partial charge in [0.2, 0.25) is 5.95 Å². The van der Waals surface area contributed by atoms with E-state index in [1.54, 1.807) is 0 Å². The molecule has 1 aliphatic carbocycles. The Morgan fingerprint density at radius 1 is 0.947 bits per heavy atom. The van der Waals surface area contributed by atoms with Crippen LogP contribution < -0.4 is 4.90 Å². The normalized spacial score (nSPS) is 22.7. The number of piperidine rings is 1. The first-order chi connectivity index (χ1) is 9.33. The zero-order chi connectivity index (χ0) is 13.1. The number of rotatable bonds is 2. The number of aromatic nitrogens is 2. The fourth-order valence-corrected chi connectivity index (χ4v) is 3.21. The lowest BCUT2D eigenvalue weighted by atomic mass is 9.85. The quantitative estimate of drug-likeness (QED) is 0.888. The Bertz CT molecular complexity index is 392. The number of anilines is 1. The molecule has 0 radical (unpaired) electrons. The summed E-state index contributed by atoms with van der Waals surface area (Å²) in [6.07, 6.45) is 12.2. The molecule has 2 fully saturated rings. The molecule has 1 aliphatic heterocycles. The minimum absolute atomic E-state index is 0.141. The standard InChI is InChI=1S/C15H23N3O/c19-14-6-8-18(9-7-14)15-16-10-13(11-17-15)12-4-2-1-3-5-12/h10-12,14,19H,1-9H2. The minimum atomic E-state index is -0.141. The van der Waals surface area contributed by atoms with Crippen LogP contribution in [0, 0.1) is 0 Å². The molecule has 2 aliphatic rings. The van der Waals surface area contributed by atoms with Crippen LogP contribution in [0.15, 0.2) is 12.4 Å². The van der Waals surface area contributed by atoms with E-state index in [0.29, 0.717) is 5.92 Å². The van der Waals surface area contributed by atoms with Gasteiger partial charge in [-0.05, 0) is 37.2 Å². The molecular formula is C15H23N3O. The van der Waals surface area contributed by atoms with Gasteiger partial charge < -0.3 is 10.0 Å². The summed E-state index contributed by atoms with van der Waals surface area (Å²) < 4.78 is 0. The molecule has 0 amide bonds. The van der Waals surface area contributed by atoms with Crippen LogP contribution in [0.2, 0.25) is 0 Å². The molecule has 1 saturated heterocycles. The lowest BCUT2D eigenvalue weighted by molar-refractivity contribution is 0.145. The number of hydrogen-bond donors (Lipinski definition) is 1. The third-order valence-corrected chi connectivity index (χ3v) is 4.48. The summed E-state index contributed by atoms with van der Waals surface area (Å²) in [4.78, 5) is 11.2. The van der Waals surface area contributed by atoms with Crippen molar-refractivity contribution < 1.29 is 5.11 Å². The fraction of sp³-hybridized carbons (Fsp3) is 0.733. The van der Waals surface area contributed by atoms with Crippen LogP contribution in [0.5, 0.6) is 0 Å². The highest BCUT2D eigenvalue weighted by Crippen LogP contribution is 2.32. The first-order valence-electron chi connectivity index (χ1n) is 7.58. The van der Waals surface area contributed by atoms with Crippen LogP contribution in [-0.2, 0) is 0 Å². The molecule has 2 heterocycles. The Morgan fingerprint density at radius 2 is 1.58 bits per heavy atom. The monoisotopic (exact) mass is 261 g/mol. The Morgan fingerprint density at radius 3 is 2.21 bits per heavy atom. The first kappa shape index (κ1) is 12.9. The van der Waals surface area contributed by atoms with E-state index in [-0.39, 0.29) is 6.10 Å². The van der Waals surface area contributed by atoms with Crippen LogP contribution in [0.3, 0.4) is 0 Å². The van der Waals surface area contributed by atoms with Gasteiger partial charge in [-0.25, -0.2) is 9.97 Å². The van der Waals surface area contributed by atoms with E-state index < -0.39 is 0 Å². The van der Waals surface area contributed by atoms with Gasteiger partial charge in [-0.3, -0.25) is 0 Å². The van der Waals surface area contributed by atoms with Crippen molar-refractivity contribution in [2.75, 3.05) is 18.0 Å². The molecule has 0 spiro atoms. The number of hydrogen-bond acceptors (Lipinski definition) is 4. The molecule has 0 bridgehead atoms. The van der Waals surface area contributed by atoms with Crippen molar-refractivity contribution in [1.29, 1.82) is 0 Å². The van der Waals surface area contributed by atoms with Crippen molar-refractivity contribution >= 4 is 5.95 Å². The zero-order valence-electron chi connectivity index (χ0n) is 11.5. The smallest absolute Gasteiger partial charge is 0.225 e. The fourth-order valence-electron chi connectivity index (χ4n) is 3.21. The van der Waals surface area contributed by atoms with E-state index in [1.807, 2.05) is 12.4 Å². The molecule has 4 heteroatoms. The highest BCUT2D eigenvalue weighted by molar-refractivity contribution is 5.31. The number of aliphatic hydroxyl groups excluding tert-OH is 1. The third kappa shape index (κ3) is 3.06. The van der Waals surface area contributed by atoms with Crippen molar-refractivity contribution in [1.82, 2.24) is 9.97 Å². The molecule has 1 N–H and O–H groups in total. The average Bonchev–Trinajstić information content (AvgIpc) is 2.49. The molecule has 4 nitrogen and oxygen atoms in total. The summed E-state index contributed by atoms with van der Waals surface area (Å²) in [5.74, 6) is 1.50. The molecule has 0 atom stereocenters. The second-order valence-electron chi connectivity index (χ2n) is 5.87. The van der Waals surface area contributed by atoms with Crippen molar-refractivity contribution in [3.8, 4) is 0 Å². The number of aliphatic hydroxyl groups is 1. The Hall–Kier alpha value is -1.16. The van der Waals surface area contributed by atoms with Crippen LogP contribution in [0.4, 0.5) is 5.95 Å². The lowest BCUT2D eigenvalue weighted by Gasteiger charge is -2.29. The van der Waals surface area contributed by atoms with Gasteiger partial charge in [-0.1, -0.05) is 19.3 Å². The predicted octanol–water partition coefficient (Wildman–Crippen LogP) is 2.49. The van der Waals surface area contributed by atoms with E-state index in [4.69, 9.17) is 0 Å². The highest BCUT2D eigenvalue weighted by Gasteiger charge is 2.20. The largest absolute Gasteiger partial charge is 0.393 e. The van der Waals surface area contributed by atoms with E-state index in [0.717, 1.165) is 31.9 Å². The summed E-state index contributed by atoms with van der Waals surface area (Å²) in [7, 11) is 0. The molecule has 0 unspecified atom stereocenters. The van der Waals surface area contributed by atoms with E-state index in [1.165, 1.54) is 37.7 Å². The summed E-state index contributed by atoms with van der Waals surface area (Å²) in [5.41, 5.74) is 1.31. The molecule has 1 saturated carbocycles. The SMILES string of the molecule is OC1CCN(c2ncc(C3CCCCC3)cn2)CC1. The topological polar surface area (TPSA) is 49.2 Å². The predicted molar refractivity (Wildman–Crippen MR) is 75.3 cm³/mol. The summed E-state index contributed by atoms with van der Waals surface area (Å²) in [5, 5.41) is 9.52. The second-order valence-corrected chi connectivity index (χ2v) is 5.87. The van der Waals surface area contributed by atoms with Gasteiger partial charge in [0.05, 0.1) is 6.10 Å². The highest BCUT2D eigenvalue weighted by atomic mass is 16.3.